The van der Waals surface area contributed by atoms with Gasteiger partial charge < -0.3 is 15.4 Å². The van der Waals surface area contributed by atoms with Crippen LogP contribution in [0.25, 0.3) is 0 Å². The molecule has 7 nitrogen and oxygen atoms in total. The third-order valence-electron chi connectivity index (χ3n) is 2.09. The lowest BCUT2D eigenvalue weighted by Crippen LogP contribution is -2.08. The second kappa shape index (κ2) is 5.58. The van der Waals surface area contributed by atoms with Crippen molar-refractivity contribution < 1.29 is 4.74 Å². The number of hydrogen-bond donors (Lipinski definition) is 2. The number of methoxy groups -OCH3 is 1. The van der Waals surface area contributed by atoms with Crippen molar-refractivity contribution in [2.24, 2.45) is 0 Å². The summed E-state index contributed by atoms with van der Waals surface area (Å²) in [6, 6.07) is 0.271. The quantitative estimate of drug-likeness (QED) is 0.843. The lowest BCUT2D eigenvalue weighted by Gasteiger charge is -2.06. The summed E-state index contributed by atoms with van der Waals surface area (Å²) in [4.78, 5) is 16.6. The van der Waals surface area contributed by atoms with Crippen molar-refractivity contribution in [3.8, 4) is 6.01 Å². The molecule has 18 heavy (non-hydrogen) atoms. The Morgan fingerprint density at radius 1 is 1.22 bits per heavy atom. The highest BCUT2D eigenvalue weighted by Crippen LogP contribution is 2.13. The normalized spacial score (nSPS) is 10.2. The highest BCUT2D eigenvalue weighted by molar-refractivity contribution is 7.09. The standard InChI is InChI=1S/C10H14N6OS/c1-6-5-18-7(13-6)4-12-9-14-8(11-2)15-10(16-9)17-3/h5H,4H2,1-3H3,(H2,11,12,14,15,16). The van der Waals surface area contributed by atoms with Gasteiger partial charge in [0, 0.05) is 18.1 Å². The first kappa shape index (κ1) is 12.5. The predicted molar refractivity (Wildman–Crippen MR) is 70.1 cm³/mol. The summed E-state index contributed by atoms with van der Waals surface area (Å²) in [7, 11) is 3.26. The predicted octanol–water partition coefficient (Wildman–Crippen LogP) is 1.30. The van der Waals surface area contributed by atoms with Gasteiger partial charge in [-0.25, -0.2) is 4.98 Å². The minimum Gasteiger partial charge on any atom is -0.467 e. The van der Waals surface area contributed by atoms with Crippen LogP contribution in [0.3, 0.4) is 0 Å². The number of rotatable bonds is 5. The molecule has 0 unspecified atom stereocenters. The molecule has 0 aromatic carbocycles. The smallest absolute Gasteiger partial charge is 0.322 e. The molecule has 8 heteroatoms. The van der Waals surface area contributed by atoms with Crippen LogP contribution >= 0.6 is 11.3 Å². The molecule has 0 saturated heterocycles. The first-order valence-electron chi connectivity index (χ1n) is 5.34. The average Bonchev–Trinajstić information content (AvgIpc) is 2.81. The molecule has 2 N–H and O–H groups in total. The van der Waals surface area contributed by atoms with Crippen molar-refractivity contribution in [2.45, 2.75) is 13.5 Å². The maximum absolute atomic E-state index is 5.00. The van der Waals surface area contributed by atoms with E-state index in [1.54, 1.807) is 18.4 Å². The van der Waals surface area contributed by atoms with Gasteiger partial charge >= 0.3 is 6.01 Å². The molecule has 0 aliphatic rings. The largest absolute Gasteiger partial charge is 0.467 e. The number of hydrogen-bond acceptors (Lipinski definition) is 8. The van der Waals surface area contributed by atoms with Gasteiger partial charge in [-0.2, -0.15) is 15.0 Å². The summed E-state index contributed by atoms with van der Waals surface area (Å²) < 4.78 is 5.00. The van der Waals surface area contributed by atoms with Gasteiger partial charge in [0.05, 0.1) is 13.7 Å². The van der Waals surface area contributed by atoms with Crippen LogP contribution in [0, 0.1) is 6.92 Å². The second-order valence-corrected chi connectivity index (χ2v) is 4.40. The van der Waals surface area contributed by atoms with Crippen LogP contribution in [0.15, 0.2) is 5.38 Å². The Morgan fingerprint density at radius 2 is 2.00 bits per heavy atom. The van der Waals surface area contributed by atoms with E-state index in [-0.39, 0.29) is 6.01 Å². The van der Waals surface area contributed by atoms with Gasteiger partial charge in [0.25, 0.3) is 0 Å². The summed E-state index contributed by atoms with van der Waals surface area (Å²) in [6.45, 7) is 2.54. The van der Waals surface area contributed by atoms with E-state index in [1.807, 2.05) is 12.3 Å². The third-order valence-corrected chi connectivity index (χ3v) is 3.05. The lowest BCUT2D eigenvalue weighted by molar-refractivity contribution is 0.379. The van der Waals surface area contributed by atoms with Gasteiger partial charge in [-0.05, 0) is 6.92 Å². The minimum atomic E-state index is 0.271. The molecule has 0 bridgehead atoms. The molecule has 2 rings (SSSR count). The van der Waals surface area contributed by atoms with Crippen molar-refractivity contribution in [1.82, 2.24) is 19.9 Å². The summed E-state index contributed by atoms with van der Waals surface area (Å²) in [5.41, 5.74) is 1.01. The van der Waals surface area contributed by atoms with E-state index in [0.29, 0.717) is 18.4 Å². The van der Waals surface area contributed by atoms with Gasteiger partial charge in [0.15, 0.2) is 0 Å². The molecule has 96 valence electrons. The molecule has 0 fully saturated rings. The zero-order valence-electron chi connectivity index (χ0n) is 10.4. The fraction of sp³-hybridized carbons (Fsp3) is 0.400. The van der Waals surface area contributed by atoms with E-state index in [4.69, 9.17) is 4.74 Å². The number of anilines is 2. The molecule has 0 spiro atoms. The molecule has 0 radical (unpaired) electrons. The number of nitrogens with one attached hydrogen (secondary N) is 2. The molecule has 0 aliphatic heterocycles. The summed E-state index contributed by atoms with van der Waals surface area (Å²) in [6.07, 6.45) is 0. The Kier molecular flexibility index (Phi) is 3.88. The van der Waals surface area contributed by atoms with Crippen LogP contribution in [0.1, 0.15) is 10.7 Å². The SMILES string of the molecule is CNc1nc(NCc2nc(C)cs2)nc(OC)n1. The van der Waals surface area contributed by atoms with E-state index >= 15 is 0 Å². The number of ether oxygens (including phenoxy) is 1. The highest BCUT2D eigenvalue weighted by atomic mass is 32.1. The van der Waals surface area contributed by atoms with E-state index < -0.39 is 0 Å². The van der Waals surface area contributed by atoms with Gasteiger partial charge in [0.2, 0.25) is 11.9 Å². The van der Waals surface area contributed by atoms with Crippen molar-refractivity contribution in [3.63, 3.8) is 0 Å². The van der Waals surface area contributed by atoms with Gasteiger partial charge in [-0.1, -0.05) is 0 Å². The first-order valence-corrected chi connectivity index (χ1v) is 6.22. The monoisotopic (exact) mass is 266 g/mol. The zero-order chi connectivity index (χ0) is 13.0. The molecule has 2 aromatic heterocycles. The number of nitrogens with zero attached hydrogens (tertiary/aromatic N) is 4. The fourth-order valence-corrected chi connectivity index (χ4v) is 1.99. The molecular formula is C10H14N6OS. The third kappa shape index (κ3) is 3.04. The van der Waals surface area contributed by atoms with Crippen LogP contribution in [0.2, 0.25) is 0 Å². The molecular weight excluding hydrogens is 252 g/mol. The van der Waals surface area contributed by atoms with E-state index in [9.17, 15) is 0 Å². The van der Waals surface area contributed by atoms with Crippen LogP contribution in [-0.4, -0.2) is 34.1 Å². The maximum atomic E-state index is 5.00. The van der Waals surface area contributed by atoms with Crippen molar-refractivity contribution in [2.75, 3.05) is 24.8 Å². The highest BCUT2D eigenvalue weighted by Gasteiger charge is 2.06. The Bertz CT molecular complexity index is 507. The molecule has 2 heterocycles. The van der Waals surface area contributed by atoms with Gasteiger partial charge in [-0.15, -0.1) is 11.3 Å². The van der Waals surface area contributed by atoms with E-state index in [2.05, 4.69) is 30.6 Å². The molecule has 0 saturated carbocycles. The molecule has 0 amide bonds. The number of aromatic nitrogens is 4. The van der Waals surface area contributed by atoms with Gasteiger partial charge in [0.1, 0.15) is 5.01 Å². The van der Waals surface area contributed by atoms with Crippen LogP contribution in [0.4, 0.5) is 11.9 Å². The van der Waals surface area contributed by atoms with Crippen LogP contribution in [-0.2, 0) is 6.54 Å². The number of aryl methyl sites for hydroxylation is 1. The van der Waals surface area contributed by atoms with Gasteiger partial charge in [-0.3, -0.25) is 0 Å². The van der Waals surface area contributed by atoms with Crippen molar-refractivity contribution >= 4 is 23.2 Å². The average molecular weight is 266 g/mol. The zero-order valence-corrected chi connectivity index (χ0v) is 11.2. The van der Waals surface area contributed by atoms with Crippen LogP contribution < -0.4 is 15.4 Å². The Labute approximate surface area is 109 Å². The summed E-state index contributed by atoms with van der Waals surface area (Å²) in [5, 5.41) is 8.93. The van der Waals surface area contributed by atoms with E-state index in [0.717, 1.165) is 10.7 Å². The van der Waals surface area contributed by atoms with E-state index in [1.165, 1.54) is 7.11 Å². The topological polar surface area (TPSA) is 84.9 Å². The lowest BCUT2D eigenvalue weighted by atomic mass is 10.6. The summed E-state index contributed by atoms with van der Waals surface area (Å²) in [5.74, 6) is 0.915. The molecule has 0 aliphatic carbocycles. The first-order chi connectivity index (χ1) is 8.71. The van der Waals surface area contributed by atoms with Crippen LogP contribution in [0.5, 0.6) is 6.01 Å². The summed E-state index contributed by atoms with van der Waals surface area (Å²) >= 11 is 1.60. The fourth-order valence-electron chi connectivity index (χ4n) is 1.28. The number of thiazole rings is 1. The Morgan fingerprint density at radius 3 is 2.61 bits per heavy atom. The van der Waals surface area contributed by atoms with Crippen molar-refractivity contribution in [1.29, 1.82) is 0 Å². The Balaban J connectivity index is 2.08. The Hall–Kier alpha value is -1.96. The minimum absolute atomic E-state index is 0.271. The molecule has 2 aromatic rings. The molecule has 0 atom stereocenters. The van der Waals surface area contributed by atoms with Crippen molar-refractivity contribution in [3.05, 3.63) is 16.1 Å². The maximum Gasteiger partial charge on any atom is 0.322 e. The second-order valence-electron chi connectivity index (χ2n) is 3.46.